The van der Waals surface area contributed by atoms with Crippen LogP contribution in [-0.4, -0.2) is 17.3 Å². The SMILES string of the molecule is O[C@@H]1CC[C@H]1NCc1cc(Br)cs1. The van der Waals surface area contributed by atoms with Crippen LogP contribution in [0.4, 0.5) is 0 Å². The number of aliphatic hydroxyl groups is 1. The molecule has 4 heteroatoms. The van der Waals surface area contributed by atoms with Gasteiger partial charge in [-0.3, -0.25) is 0 Å². The second-order valence-corrected chi connectivity index (χ2v) is 5.27. The number of hydrogen-bond acceptors (Lipinski definition) is 3. The van der Waals surface area contributed by atoms with E-state index in [2.05, 4.69) is 32.7 Å². The van der Waals surface area contributed by atoms with E-state index >= 15 is 0 Å². The highest BCUT2D eigenvalue weighted by molar-refractivity contribution is 9.10. The van der Waals surface area contributed by atoms with Crippen molar-refractivity contribution in [3.05, 3.63) is 20.8 Å². The number of thiophene rings is 1. The third-order valence-electron chi connectivity index (χ3n) is 2.40. The first-order valence-electron chi connectivity index (χ1n) is 4.40. The van der Waals surface area contributed by atoms with Crippen LogP contribution in [0.5, 0.6) is 0 Å². The molecule has 2 rings (SSSR count). The molecule has 1 aliphatic carbocycles. The van der Waals surface area contributed by atoms with Gasteiger partial charge in [0.15, 0.2) is 0 Å². The number of nitrogens with one attached hydrogen (secondary N) is 1. The first kappa shape index (κ1) is 9.65. The van der Waals surface area contributed by atoms with Crippen LogP contribution in [0.3, 0.4) is 0 Å². The summed E-state index contributed by atoms with van der Waals surface area (Å²) in [5.74, 6) is 0. The number of rotatable bonds is 3. The Morgan fingerprint density at radius 3 is 2.92 bits per heavy atom. The first-order valence-corrected chi connectivity index (χ1v) is 6.07. The predicted molar refractivity (Wildman–Crippen MR) is 57.9 cm³/mol. The fourth-order valence-electron chi connectivity index (χ4n) is 1.40. The van der Waals surface area contributed by atoms with Crippen molar-refractivity contribution in [1.29, 1.82) is 0 Å². The summed E-state index contributed by atoms with van der Waals surface area (Å²) in [6.45, 7) is 0.873. The second-order valence-electron chi connectivity index (χ2n) is 3.36. The Morgan fingerprint density at radius 1 is 1.62 bits per heavy atom. The lowest BCUT2D eigenvalue weighted by molar-refractivity contribution is 0.0494. The molecule has 2 nitrogen and oxygen atoms in total. The molecule has 13 heavy (non-hydrogen) atoms. The summed E-state index contributed by atoms with van der Waals surface area (Å²) in [6, 6.07) is 2.43. The molecule has 0 radical (unpaired) electrons. The lowest BCUT2D eigenvalue weighted by Crippen LogP contribution is -2.47. The molecular formula is C9H12BrNOS. The Balaban J connectivity index is 1.79. The van der Waals surface area contributed by atoms with Crippen LogP contribution in [0.2, 0.25) is 0 Å². The average molecular weight is 262 g/mol. The molecule has 0 unspecified atom stereocenters. The van der Waals surface area contributed by atoms with E-state index in [9.17, 15) is 5.11 Å². The number of hydrogen-bond donors (Lipinski definition) is 2. The maximum atomic E-state index is 9.32. The molecule has 0 amide bonds. The van der Waals surface area contributed by atoms with Gasteiger partial charge in [0.1, 0.15) is 0 Å². The van der Waals surface area contributed by atoms with E-state index in [4.69, 9.17) is 0 Å². The van der Waals surface area contributed by atoms with Gasteiger partial charge in [-0.1, -0.05) is 0 Å². The molecule has 0 aromatic carbocycles. The van der Waals surface area contributed by atoms with Crippen molar-refractivity contribution in [2.75, 3.05) is 0 Å². The largest absolute Gasteiger partial charge is 0.392 e. The van der Waals surface area contributed by atoms with Crippen molar-refractivity contribution in [3.63, 3.8) is 0 Å². The Labute approximate surface area is 90.1 Å². The van der Waals surface area contributed by atoms with Crippen LogP contribution in [0, 0.1) is 0 Å². The Morgan fingerprint density at radius 2 is 2.46 bits per heavy atom. The van der Waals surface area contributed by atoms with E-state index < -0.39 is 0 Å². The quantitative estimate of drug-likeness (QED) is 0.874. The van der Waals surface area contributed by atoms with Crippen LogP contribution < -0.4 is 5.32 Å². The molecule has 0 bridgehead atoms. The van der Waals surface area contributed by atoms with Gasteiger partial charge in [0.25, 0.3) is 0 Å². The minimum atomic E-state index is -0.122. The predicted octanol–water partition coefficient (Wildman–Crippen LogP) is 2.12. The Hall–Kier alpha value is 0.1000. The van der Waals surface area contributed by atoms with Crippen molar-refractivity contribution in [3.8, 4) is 0 Å². The summed E-state index contributed by atoms with van der Waals surface area (Å²) in [6.07, 6.45) is 1.93. The van der Waals surface area contributed by atoms with Gasteiger partial charge in [0.05, 0.1) is 6.10 Å². The van der Waals surface area contributed by atoms with Crippen molar-refractivity contribution < 1.29 is 5.11 Å². The summed E-state index contributed by atoms with van der Waals surface area (Å²) in [4.78, 5) is 1.31. The topological polar surface area (TPSA) is 32.3 Å². The van der Waals surface area contributed by atoms with E-state index in [1.807, 2.05) is 0 Å². The molecule has 1 aromatic rings. The zero-order valence-electron chi connectivity index (χ0n) is 7.16. The normalized spacial score (nSPS) is 27.2. The van der Waals surface area contributed by atoms with E-state index in [0.29, 0.717) is 6.04 Å². The maximum absolute atomic E-state index is 9.32. The van der Waals surface area contributed by atoms with Gasteiger partial charge in [-0.05, 0) is 34.8 Å². The van der Waals surface area contributed by atoms with Gasteiger partial charge >= 0.3 is 0 Å². The average Bonchev–Trinajstić information content (AvgIpc) is 2.49. The van der Waals surface area contributed by atoms with Crippen molar-refractivity contribution in [1.82, 2.24) is 5.32 Å². The van der Waals surface area contributed by atoms with Gasteiger partial charge in [0.2, 0.25) is 0 Å². The molecule has 2 N–H and O–H groups in total. The molecule has 2 atom stereocenters. The molecule has 0 saturated heterocycles. The second kappa shape index (κ2) is 4.09. The van der Waals surface area contributed by atoms with Crippen LogP contribution >= 0.6 is 27.3 Å². The fraction of sp³-hybridized carbons (Fsp3) is 0.556. The number of aliphatic hydroxyl groups excluding tert-OH is 1. The lowest BCUT2D eigenvalue weighted by atomic mass is 9.89. The highest BCUT2D eigenvalue weighted by Gasteiger charge is 2.27. The van der Waals surface area contributed by atoms with Crippen LogP contribution in [0.1, 0.15) is 17.7 Å². The minimum Gasteiger partial charge on any atom is -0.392 e. The van der Waals surface area contributed by atoms with Crippen molar-refractivity contribution in [2.45, 2.75) is 31.5 Å². The molecule has 0 aliphatic heterocycles. The van der Waals surface area contributed by atoms with Crippen molar-refractivity contribution >= 4 is 27.3 Å². The summed E-state index contributed by atoms with van der Waals surface area (Å²) >= 11 is 5.15. The van der Waals surface area contributed by atoms with Crippen LogP contribution in [0.25, 0.3) is 0 Å². The Bertz CT molecular complexity index is 289. The molecule has 1 aliphatic rings. The van der Waals surface area contributed by atoms with E-state index in [1.165, 1.54) is 4.88 Å². The molecule has 1 aromatic heterocycles. The monoisotopic (exact) mass is 261 g/mol. The minimum absolute atomic E-state index is 0.122. The van der Waals surface area contributed by atoms with Crippen molar-refractivity contribution in [2.24, 2.45) is 0 Å². The maximum Gasteiger partial charge on any atom is 0.0693 e. The summed E-state index contributed by atoms with van der Waals surface area (Å²) < 4.78 is 1.14. The van der Waals surface area contributed by atoms with Crippen LogP contribution in [-0.2, 0) is 6.54 Å². The highest BCUT2D eigenvalue weighted by Crippen LogP contribution is 2.22. The first-order chi connectivity index (χ1) is 6.25. The third kappa shape index (κ3) is 2.31. The molecular weight excluding hydrogens is 250 g/mol. The summed E-state index contributed by atoms with van der Waals surface area (Å²) in [5.41, 5.74) is 0. The van der Waals surface area contributed by atoms with Gasteiger partial charge in [-0.25, -0.2) is 0 Å². The van der Waals surface area contributed by atoms with Crippen LogP contribution in [0.15, 0.2) is 15.9 Å². The van der Waals surface area contributed by atoms with Gasteiger partial charge in [-0.15, -0.1) is 11.3 Å². The highest BCUT2D eigenvalue weighted by atomic mass is 79.9. The third-order valence-corrected chi connectivity index (χ3v) is 4.10. The lowest BCUT2D eigenvalue weighted by Gasteiger charge is -2.33. The molecule has 1 fully saturated rings. The molecule has 72 valence electrons. The van der Waals surface area contributed by atoms with Gasteiger partial charge in [0, 0.05) is 27.3 Å². The molecule has 0 spiro atoms. The molecule has 1 saturated carbocycles. The van der Waals surface area contributed by atoms with Gasteiger partial charge in [-0.2, -0.15) is 0 Å². The number of halogens is 1. The fourth-order valence-corrected chi connectivity index (χ4v) is 2.80. The smallest absolute Gasteiger partial charge is 0.0693 e. The van der Waals surface area contributed by atoms with E-state index in [-0.39, 0.29) is 6.10 Å². The summed E-state index contributed by atoms with van der Waals surface area (Å²) in [7, 11) is 0. The molecule has 1 heterocycles. The zero-order valence-corrected chi connectivity index (χ0v) is 9.57. The van der Waals surface area contributed by atoms with E-state index in [0.717, 1.165) is 23.9 Å². The zero-order chi connectivity index (χ0) is 9.26. The van der Waals surface area contributed by atoms with E-state index in [1.54, 1.807) is 11.3 Å². The summed E-state index contributed by atoms with van der Waals surface area (Å²) in [5, 5.41) is 14.7. The Kier molecular flexibility index (Phi) is 3.03. The standard InChI is InChI=1S/C9H12BrNOS/c10-6-3-7(13-5-6)4-11-8-1-2-9(8)12/h3,5,8-9,11-12H,1-2,4H2/t8-,9-/m1/s1. The van der Waals surface area contributed by atoms with Gasteiger partial charge < -0.3 is 10.4 Å².